The molecule has 0 aromatic heterocycles. The van der Waals surface area contributed by atoms with Crippen LogP contribution in [0.4, 0.5) is 0 Å². The molecule has 1 atom stereocenters. The van der Waals surface area contributed by atoms with Gasteiger partial charge in [0.25, 0.3) is 0 Å². The second kappa shape index (κ2) is 15.8. The predicted molar refractivity (Wildman–Crippen MR) is 119 cm³/mol. The third-order valence-electron chi connectivity index (χ3n) is 5.41. The molecular formula is C23H42O5S. The fourth-order valence-corrected chi connectivity index (χ4v) is 4.08. The second-order valence-electron chi connectivity index (χ2n) is 8.26. The van der Waals surface area contributed by atoms with Crippen molar-refractivity contribution in [2.24, 2.45) is 5.92 Å². The van der Waals surface area contributed by atoms with Gasteiger partial charge >= 0.3 is 10.4 Å². The van der Waals surface area contributed by atoms with E-state index in [-0.39, 0.29) is 11.7 Å². The minimum absolute atomic E-state index is 0.0448. The van der Waals surface area contributed by atoms with E-state index in [0.717, 1.165) is 12.2 Å². The van der Waals surface area contributed by atoms with Crippen molar-refractivity contribution in [3.05, 3.63) is 23.7 Å². The first-order valence-corrected chi connectivity index (χ1v) is 13.0. The molecule has 0 fully saturated rings. The molecule has 0 saturated heterocycles. The monoisotopic (exact) mass is 430 g/mol. The molecule has 1 aliphatic carbocycles. The Morgan fingerprint density at radius 2 is 1.34 bits per heavy atom. The lowest BCUT2D eigenvalue weighted by molar-refractivity contribution is 0.168. The molecule has 1 N–H and O–H groups in total. The van der Waals surface area contributed by atoms with Crippen molar-refractivity contribution < 1.29 is 21.9 Å². The molecule has 29 heavy (non-hydrogen) atoms. The first-order chi connectivity index (χ1) is 13.9. The maximum atomic E-state index is 10.8. The zero-order valence-corrected chi connectivity index (χ0v) is 19.4. The third kappa shape index (κ3) is 14.6. The van der Waals surface area contributed by atoms with Gasteiger partial charge in [-0.25, -0.2) is 0 Å². The Hall–Kier alpha value is -1.01. The third-order valence-corrected chi connectivity index (χ3v) is 5.83. The normalized spacial score (nSPS) is 17.0. The van der Waals surface area contributed by atoms with Crippen molar-refractivity contribution >= 4 is 10.4 Å². The number of hydrogen-bond acceptors (Lipinski definition) is 4. The van der Waals surface area contributed by atoms with Crippen LogP contribution in [0.3, 0.4) is 0 Å². The molecule has 6 heteroatoms. The summed E-state index contributed by atoms with van der Waals surface area (Å²) in [4.78, 5) is 0. The second-order valence-corrected chi connectivity index (χ2v) is 9.29. The highest BCUT2D eigenvalue weighted by atomic mass is 32.3. The summed E-state index contributed by atoms with van der Waals surface area (Å²) in [5.74, 6) is 1.13. The summed E-state index contributed by atoms with van der Waals surface area (Å²) in [7, 11) is -4.45. The molecule has 5 nitrogen and oxygen atoms in total. The average molecular weight is 431 g/mol. The number of hydrogen-bond donors (Lipinski definition) is 1. The average Bonchev–Trinajstić information content (AvgIpc) is 2.65. The van der Waals surface area contributed by atoms with Gasteiger partial charge in [-0.1, -0.05) is 97.3 Å². The number of ether oxygens (including phenoxy) is 1. The van der Waals surface area contributed by atoms with Crippen LogP contribution in [0.1, 0.15) is 110 Å². The molecule has 1 aliphatic rings. The lowest BCUT2D eigenvalue weighted by Crippen LogP contribution is -2.13. The van der Waals surface area contributed by atoms with Crippen molar-refractivity contribution in [1.82, 2.24) is 0 Å². The summed E-state index contributed by atoms with van der Waals surface area (Å²) in [6.07, 6.45) is 22.4. The van der Waals surface area contributed by atoms with E-state index in [2.05, 4.69) is 11.1 Å². The molecule has 170 valence electrons. The molecule has 0 amide bonds. The van der Waals surface area contributed by atoms with Gasteiger partial charge in [-0.2, -0.15) is 8.42 Å². The molecule has 0 spiro atoms. The van der Waals surface area contributed by atoms with Gasteiger partial charge in [0.15, 0.2) is 0 Å². The Bertz CT molecular complexity index is 580. The van der Waals surface area contributed by atoms with E-state index in [1.807, 2.05) is 6.92 Å². The Labute approximate surface area is 178 Å². The quantitative estimate of drug-likeness (QED) is 0.185. The van der Waals surface area contributed by atoms with Gasteiger partial charge in [-0.05, 0) is 18.6 Å². The zero-order valence-electron chi connectivity index (χ0n) is 18.5. The van der Waals surface area contributed by atoms with Crippen LogP contribution < -0.4 is 0 Å². The lowest BCUT2D eigenvalue weighted by atomic mass is 9.99. The summed E-state index contributed by atoms with van der Waals surface area (Å²) < 4.78 is 40.6. The molecule has 1 unspecified atom stereocenters. The molecule has 0 bridgehead atoms. The molecule has 0 aliphatic heterocycles. The number of allylic oxidation sites excluding steroid dienone is 4. The minimum atomic E-state index is -4.45. The van der Waals surface area contributed by atoms with Crippen LogP contribution in [0.25, 0.3) is 0 Å². The summed E-state index contributed by atoms with van der Waals surface area (Å²) in [6, 6.07) is 0. The first kappa shape index (κ1) is 26.0. The topological polar surface area (TPSA) is 72.8 Å². The van der Waals surface area contributed by atoms with E-state index < -0.39 is 10.4 Å². The fraction of sp³-hybridized carbons (Fsp3) is 0.826. The lowest BCUT2D eigenvalue weighted by Gasteiger charge is -2.21. The smallest absolute Gasteiger partial charge is 0.446 e. The number of rotatable bonds is 18. The molecule has 1 rings (SSSR count). The van der Waals surface area contributed by atoms with Crippen LogP contribution in [0.2, 0.25) is 0 Å². The molecule has 0 saturated carbocycles. The minimum Gasteiger partial charge on any atom is -0.498 e. The van der Waals surface area contributed by atoms with Crippen LogP contribution in [-0.4, -0.2) is 19.6 Å². The van der Waals surface area contributed by atoms with Gasteiger partial charge in [-0.3, -0.25) is 4.55 Å². The summed E-state index contributed by atoms with van der Waals surface area (Å²) in [6.45, 7) is 4.91. The van der Waals surface area contributed by atoms with Gasteiger partial charge < -0.3 is 8.92 Å². The molecular weight excluding hydrogens is 388 g/mol. The van der Waals surface area contributed by atoms with Crippen LogP contribution in [0.15, 0.2) is 23.7 Å². The highest BCUT2D eigenvalue weighted by Crippen LogP contribution is 2.27. The SMILES string of the molecule is CCCCCCCCCCCCCCCCOC1=CC=C(OS(=O)(=O)O)CC1C. The molecule has 0 aromatic rings. The van der Waals surface area contributed by atoms with E-state index >= 15 is 0 Å². The first-order valence-electron chi connectivity index (χ1n) is 11.6. The van der Waals surface area contributed by atoms with Crippen LogP contribution in [0.5, 0.6) is 0 Å². The maximum absolute atomic E-state index is 10.8. The van der Waals surface area contributed by atoms with Gasteiger partial charge in [0.1, 0.15) is 5.76 Å². The van der Waals surface area contributed by atoms with Gasteiger partial charge in [0.05, 0.1) is 12.4 Å². The predicted octanol–water partition coefficient (Wildman–Crippen LogP) is 7.11. The van der Waals surface area contributed by atoms with Gasteiger partial charge in [0, 0.05) is 12.3 Å². The summed E-state index contributed by atoms with van der Waals surface area (Å²) >= 11 is 0. The van der Waals surface area contributed by atoms with E-state index in [1.54, 1.807) is 12.2 Å². The highest BCUT2D eigenvalue weighted by Gasteiger charge is 2.20. The largest absolute Gasteiger partial charge is 0.498 e. The van der Waals surface area contributed by atoms with Crippen molar-refractivity contribution in [2.75, 3.05) is 6.61 Å². The Kier molecular flexibility index (Phi) is 14.2. The fourth-order valence-electron chi connectivity index (χ4n) is 3.68. The maximum Gasteiger partial charge on any atom is 0.446 e. The Balaban J connectivity index is 1.94. The highest BCUT2D eigenvalue weighted by molar-refractivity contribution is 7.81. The van der Waals surface area contributed by atoms with Crippen molar-refractivity contribution in [3.8, 4) is 0 Å². The van der Waals surface area contributed by atoms with E-state index in [0.29, 0.717) is 13.0 Å². The molecule has 0 aromatic carbocycles. The van der Waals surface area contributed by atoms with E-state index in [1.165, 1.54) is 83.5 Å². The summed E-state index contributed by atoms with van der Waals surface area (Å²) in [5.41, 5.74) is 0. The van der Waals surface area contributed by atoms with Crippen molar-refractivity contribution in [3.63, 3.8) is 0 Å². The van der Waals surface area contributed by atoms with Crippen LogP contribution in [-0.2, 0) is 19.3 Å². The van der Waals surface area contributed by atoms with Crippen molar-refractivity contribution in [2.45, 2.75) is 110 Å². The van der Waals surface area contributed by atoms with Crippen LogP contribution in [0, 0.1) is 5.92 Å². The van der Waals surface area contributed by atoms with E-state index in [4.69, 9.17) is 9.29 Å². The number of unbranched alkanes of at least 4 members (excludes halogenated alkanes) is 13. The Morgan fingerprint density at radius 1 is 0.862 bits per heavy atom. The van der Waals surface area contributed by atoms with Gasteiger partial charge in [-0.15, -0.1) is 0 Å². The van der Waals surface area contributed by atoms with Crippen LogP contribution >= 0.6 is 0 Å². The Morgan fingerprint density at radius 3 is 1.79 bits per heavy atom. The zero-order chi connectivity index (χ0) is 21.4. The molecule has 0 heterocycles. The molecule has 0 radical (unpaired) electrons. The van der Waals surface area contributed by atoms with Gasteiger partial charge in [0.2, 0.25) is 0 Å². The standard InChI is InChI=1S/C23H42O5S/c1-3-4-5-6-7-8-9-10-11-12-13-14-15-16-19-27-23-18-17-22(20-21(23)2)28-29(24,25)26/h17-18,21H,3-16,19-20H2,1-2H3,(H,24,25,26). The van der Waals surface area contributed by atoms with Crippen molar-refractivity contribution in [1.29, 1.82) is 0 Å². The summed E-state index contributed by atoms with van der Waals surface area (Å²) in [5, 5.41) is 0. The van der Waals surface area contributed by atoms with E-state index in [9.17, 15) is 8.42 Å².